The summed E-state index contributed by atoms with van der Waals surface area (Å²) in [5.41, 5.74) is 2.49. The van der Waals surface area contributed by atoms with E-state index in [4.69, 9.17) is 0 Å². The summed E-state index contributed by atoms with van der Waals surface area (Å²) in [6, 6.07) is 14.3. The van der Waals surface area contributed by atoms with E-state index in [2.05, 4.69) is 10.4 Å². The molecule has 2 aromatic carbocycles. The first kappa shape index (κ1) is 23.0. The molecule has 1 saturated heterocycles. The molecule has 34 heavy (non-hydrogen) atoms. The van der Waals surface area contributed by atoms with Gasteiger partial charge in [-0.1, -0.05) is 18.2 Å². The molecule has 3 aromatic rings. The molecule has 1 fully saturated rings. The average molecular weight is 463 g/mol. The van der Waals surface area contributed by atoms with Gasteiger partial charge in [0.2, 0.25) is 5.91 Å². The van der Waals surface area contributed by atoms with Crippen LogP contribution in [-0.4, -0.2) is 64.1 Å². The third-order valence-corrected chi connectivity index (χ3v) is 5.86. The Kier molecular flexibility index (Phi) is 6.86. The molecule has 0 bridgehead atoms. The highest BCUT2D eigenvalue weighted by molar-refractivity contribution is 5.95. The molecule has 2 heterocycles. The Morgan fingerprint density at radius 2 is 1.82 bits per heavy atom. The fourth-order valence-corrected chi connectivity index (χ4v) is 3.97. The van der Waals surface area contributed by atoms with Crippen molar-refractivity contribution in [1.82, 2.24) is 20.0 Å². The van der Waals surface area contributed by atoms with E-state index in [1.165, 1.54) is 13.0 Å². The minimum absolute atomic E-state index is 0.00594. The number of piperazine rings is 1. The number of nitro groups is 1. The summed E-state index contributed by atoms with van der Waals surface area (Å²) in [6.45, 7) is 3.92. The molecule has 4 rings (SSSR count). The second-order valence-corrected chi connectivity index (χ2v) is 8.09. The van der Waals surface area contributed by atoms with Crippen LogP contribution in [0.4, 0.5) is 11.4 Å². The lowest BCUT2D eigenvalue weighted by Crippen LogP contribution is -2.48. The zero-order valence-corrected chi connectivity index (χ0v) is 18.9. The Hall–Kier alpha value is -4.21. The molecule has 0 atom stereocenters. The van der Waals surface area contributed by atoms with Crippen LogP contribution in [0.2, 0.25) is 0 Å². The second-order valence-electron chi connectivity index (χ2n) is 8.09. The zero-order valence-electron chi connectivity index (χ0n) is 18.9. The molecule has 0 aliphatic carbocycles. The zero-order chi connectivity index (χ0) is 24.1. The summed E-state index contributed by atoms with van der Waals surface area (Å²) >= 11 is 0. The maximum absolute atomic E-state index is 12.6. The molecule has 2 amide bonds. The predicted octanol–water partition coefficient (Wildman–Crippen LogP) is 2.42. The smallest absolute Gasteiger partial charge is 0.293 e. The first-order chi connectivity index (χ1) is 16.4. The van der Waals surface area contributed by atoms with Gasteiger partial charge in [-0.25, -0.2) is 4.68 Å². The van der Waals surface area contributed by atoms with Crippen LogP contribution in [0, 0.1) is 10.1 Å². The topological polar surface area (TPSA) is 114 Å². The number of benzene rings is 2. The number of nitro benzene ring substituents is 1. The molecule has 0 spiro atoms. The maximum Gasteiger partial charge on any atom is 0.293 e. The Bertz CT molecular complexity index is 1190. The Balaban J connectivity index is 1.37. The number of carbonyl (C=O) groups excluding carboxylic acids is 2. The molecule has 1 N–H and O–H groups in total. The van der Waals surface area contributed by atoms with E-state index in [0.29, 0.717) is 44.8 Å². The number of nitrogens with zero attached hydrogens (tertiary/aromatic N) is 5. The number of hydrogen-bond acceptors (Lipinski definition) is 6. The van der Waals surface area contributed by atoms with Crippen LogP contribution in [0.15, 0.2) is 60.9 Å². The molecular formula is C24H26N6O4. The Morgan fingerprint density at radius 1 is 1.09 bits per heavy atom. The van der Waals surface area contributed by atoms with Crippen LogP contribution >= 0.6 is 0 Å². The van der Waals surface area contributed by atoms with Gasteiger partial charge < -0.3 is 15.1 Å². The Morgan fingerprint density at radius 3 is 2.50 bits per heavy atom. The van der Waals surface area contributed by atoms with Crippen molar-refractivity contribution in [3.05, 3.63) is 82.2 Å². The van der Waals surface area contributed by atoms with Gasteiger partial charge in [0.05, 0.1) is 16.8 Å². The summed E-state index contributed by atoms with van der Waals surface area (Å²) in [5, 5.41) is 18.9. The highest BCUT2D eigenvalue weighted by Crippen LogP contribution is 2.30. The van der Waals surface area contributed by atoms with E-state index in [0.717, 1.165) is 11.3 Å². The maximum atomic E-state index is 12.6. The highest BCUT2D eigenvalue weighted by atomic mass is 16.6. The van der Waals surface area contributed by atoms with E-state index in [1.807, 2.05) is 41.4 Å². The molecule has 0 unspecified atom stereocenters. The van der Waals surface area contributed by atoms with E-state index >= 15 is 0 Å². The largest absolute Gasteiger partial charge is 0.362 e. The van der Waals surface area contributed by atoms with Gasteiger partial charge >= 0.3 is 0 Å². The van der Waals surface area contributed by atoms with Crippen molar-refractivity contribution in [2.45, 2.75) is 13.3 Å². The number of para-hydroxylation sites is 1. The average Bonchev–Trinajstić information content (AvgIpc) is 3.33. The molecule has 10 heteroatoms. The summed E-state index contributed by atoms with van der Waals surface area (Å²) in [5.74, 6) is -0.375. The van der Waals surface area contributed by atoms with Crippen LogP contribution < -0.4 is 10.2 Å². The fourth-order valence-electron chi connectivity index (χ4n) is 3.97. The quantitative estimate of drug-likeness (QED) is 0.426. The van der Waals surface area contributed by atoms with Crippen molar-refractivity contribution >= 4 is 23.2 Å². The number of carbonyl (C=O) groups is 2. The monoisotopic (exact) mass is 462 g/mol. The van der Waals surface area contributed by atoms with Crippen LogP contribution in [0.25, 0.3) is 5.69 Å². The first-order valence-electron chi connectivity index (χ1n) is 11.1. The molecule has 1 aliphatic rings. The number of aromatic nitrogens is 2. The molecule has 1 aliphatic heterocycles. The molecule has 0 radical (unpaired) electrons. The lowest BCUT2D eigenvalue weighted by molar-refractivity contribution is -0.384. The fraction of sp³-hybridized carbons (Fsp3) is 0.292. The number of anilines is 1. The van der Waals surface area contributed by atoms with Gasteiger partial charge in [-0.15, -0.1) is 0 Å². The summed E-state index contributed by atoms with van der Waals surface area (Å²) < 4.78 is 1.77. The SMILES string of the molecule is CC(=O)N1CCN(c2ccc(C(=O)NCCc3cnn(-c4ccccc4)c3)cc2[N+](=O)[O-])CC1. The summed E-state index contributed by atoms with van der Waals surface area (Å²) in [6.07, 6.45) is 4.25. The van der Waals surface area contributed by atoms with Gasteiger partial charge in [0, 0.05) is 57.5 Å². The number of rotatable bonds is 7. The standard InChI is InChI=1S/C24H26N6O4/c1-18(31)27-11-13-28(14-12-27)22-8-7-20(15-23(22)30(33)34)24(32)25-10-9-19-16-26-29(17-19)21-5-3-2-4-6-21/h2-8,15-17H,9-14H2,1H3,(H,25,32). The second kappa shape index (κ2) is 10.2. The van der Waals surface area contributed by atoms with E-state index in [1.54, 1.807) is 27.9 Å². The molecular weight excluding hydrogens is 436 g/mol. The molecule has 1 aromatic heterocycles. The number of amides is 2. The number of nitrogens with one attached hydrogen (secondary N) is 1. The van der Waals surface area contributed by atoms with E-state index in [-0.39, 0.29) is 23.1 Å². The third-order valence-electron chi connectivity index (χ3n) is 5.86. The van der Waals surface area contributed by atoms with E-state index < -0.39 is 4.92 Å². The lowest BCUT2D eigenvalue weighted by atomic mass is 10.1. The normalized spacial score (nSPS) is 13.6. The van der Waals surface area contributed by atoms with Gasteiger partial charge in [0.1, 0.15) is 5.69 Å². The summed E-state index contributed by atoms with van der Waals surface area (Å²) in [7, 11) is 0. The minimum Gasteiger partial charge on any atom is -0.362 e. The van der Waals surface area contributed by atoms with Crippen LogP contribution in [0.3, 0.4) is 0 Å². The van der Waals surface area contributed by atoms with E-state index in [9.17, 15) is 19.7 Å². The van der Waals surface area contributed by atoms with Gasteiger partial charge in [0.15, 0.2) is 0 Å². The predicted molar refractivity (Wildman–Crippen MR) is 127 cm³/mol. The van der Waals surface area contributed by atoms with Gasteiger partial charge in [-0.2, -0.15) is 5.10 Å². The van der Waals surface area contributed by atoms with Crippen molar-refractivity contribution in [2.75, 3.05) is 37.6 Å². The van der Waals surface area contributed by atoms with Crippen molar-refractivity contribution in [2.24, 2.45) is 0 Å². The lowest BCUT2D eigenvalue weighted by Gasteiger charge is -2.35. The molecule has 176 valence electrons. The third kappa shape index (κ3) is 5.22. The van der Waals surface area contributed by atoms with Crippen LogP contribution in [0.1, 0.15) is 22.8 Å². The van der Waals surface area contributed by atoms with Crippen molar-refractivity contribution in [3.8, 4) is 5.69 Å². The van der Waals surface area contributed by atoms with Crippen molar-refractivity contribution in [1.29, 1.82) is 0 Å². The minimum atomic E-state index is -0.471. The van der Waals surface area contributed by atoms with Crippen molar-refractivity contribution in [3.63, 3.8) is 0 Å². The molecule has 10 nitrogen and oxygen atoms in total. The number of hydrogen-bond donors (Lipinski definition) is 1. The first-order valence-corrected chi connectivity index (χ1v) is 11.1. The summed E-state index contributed by atoms with van der Waals surface area (Å²) in [4.78, 5) is 39.0. The van der Waals surface area contributed by atoms with Crippen LogP contribution in [-0.2, 0) is 11.2 Å². The van der Waals surface area contributed by atoms with Crippen molar-refractivity contribution < 1.29 is 14.5 Å². The molecule has 0 saturated carbocycles. The van der Waals surface area contributed by atoms with Gasteiger partial charge in [0.25, 0.3) is 11.6 Å². The van der Waals surface area contributed by atoms with Gasteiger partial charge in [-0.3, -0.25) is 19.7 Å². The van der Waals surface area contributed by atoms with Crippen LogP contribution in [0.5, 0.6) is 0 Å². The Labute approximate surface area is 196 Å². The highest BCUT2D eigenvalue weighted by Gasteiger charge is 2.25. The van der Waals surface area contributed by atoms with Gasteiger partial charge in [-0.05, 0) is 36.2 Å².